The molecule has 1 aliphatic rings. The molecule has 3 rings (SSSR count). The van der Waals surface area contributed by atoms with Crippen molar-refractivity contribution in [2.45, 2.75) is 39.5 Å². The molecule has 0 unspecified atom stereocenters. The van der Waals surface area contributed by atoms with Gasteiger partial charge in [-0.2, -0.15) is 0 Å². The molecule has 2 aromatic rings. The van der Waals surface area contributed by atoms with Gasteiger partial charge >= 0.3 is 0 Å². The number of carbonyl (C=O) groups excluding carboxylic acids is 2. The smallest absolute Gasteiger partial charge is 0.260 e. The third kappa shape index (κ3) is 5.38. The van der Waals surface area contributed by atoms with Crippen molar-refractivity contribution in [2.24, 2.45) is 0 Å². The van der Waals surface area contributed by atoms with E-state index in [2.05, 4.69) is 38.7 Å². The Morgan fingerprint density at radius 1 is 1.00 bits per heavy atom. The Bertz CT molecular complexity index is 890. The molecule has 6 heteroatoms. The van der Waals surface area contributed by atoms with Gasteiger partial charge in [-0.05, 0) is 42.5 Å². The van der Waals surface area contributed by atoms with Crippen molar-refractivity contribution in [3.63, 3.8) is 0 Å². The standard InChI is InChI=1S/C24H31N3O3/c1-18-6-7-21(20(16-18)24(2,3)4)30-17-22(28)26-12-5-13-27(15-14-26)23(29)19-8-10-25-11-9-19/h6-11,16H,5,12-15,17H2,1-4H3. The summed E-state index contributed by atoms with van der Waals surface area (Å²) < 4.78 is 5.94. The molecule has 1 fully saturated rings. The highest BCUT2D eigenvalue weighted by atomic mass is 16.5. The van der Waals surface area contributed by atoms with Gasteiger partial charge in [0.1, 0.15) is 5.75 Å². The molecule has 0 radical (unpaired) electrons. The summed E-state index contributed by atoms with van der Waals surface area (Å²) in [5.41, 5.74) is 2.83. The van der Waals surface area contributed by atoms with E-state index in [-0.39, 0.29) is 23.8 Å². The molecule has 0 spiro atoms. The van der Waals surface area contributed by atoms with E-state index in [9.17, 15) is 9.59 Å². The second kappa shape index (κ2) is 9.28. The van der Waals surface area contributed by atoms with E-state index >= 15 is 0 Å². The van der Waals surface area contributed by atoms with Crippen molar-refractivity contribution in [2.75, 3.05) is 32.8 Å². The molecule has 160 valence electrons. The van der Waals surface area contributed by atoms with Crippen LogP contribution in [0.15, 0.2) is 42.7 Å². The van der Waals surface area contributed by atoms with Gasteiger partial charge in [-0.3, -0.25) is 14.6 Å². The van der Waals surface area contributed by atoms with Gasteiger partial charge in [-0.25, -0.2) is 0 Å². The number of benzene rings is 1. The van der Waals surface area contributed by atoms with Gasteiger partial charge in [0, 0.05) is 44.1 Å². The minimum Gasteiger partial charge on any atom is -0.483 e. The van der Waals surface area contributed by atoms with Gasteiger partial charge in [0.15, 0.2) is 6.61 Å². The van der Waals surface area contributed by atoms with Crippen LogP contribution in [0.5, 0.6) is 5.75 Å². The summed E-state index contributed by atoms with van der Waals surface area (Å²) in [6, 6.07) is 9.51. The van der Waals surface area contributed by atoms with E-state index in [1.807, 2.05) is 12.1 Å². The normalized spacial score (nSPS) is 14.9. The zero-order valence-corrected chi connectivity index (χ0v) is 18.4. The lowest BCUT2D eigenvalue weighted by Gasteiger charge is -2.25. The number of pyridine rings is 1. The number of aryl methyl sites for hydroxylation is 1. The van der Waals surface area contributed by atoms with Crippen LogP contribution < -0.4 is 4.74 Å². The Morgan fingerprint density at radius 2 is 1.67 bits per heavy atom. The highest BCUT2D eigenvalue weighted by Crippen LogP contribution is 2.32. The minimum atomic E-state index is -0.0686. The Morgan fingerprint density at radius 3 is 2.37 bits per heavy atom. The Kier molecular flexibility index (Phi) is 6.75. The molecule has 6 nitrogen and oxygen atoms in total. The molecule has 1 aliphatic heterocycles. The minimum absolute atomic E-state index is 0.00441. The lowest BCUT2D eigenvalue weighted by molar-refractivity contribution is -0.133. The van der Waals surface area contributed by atoms with Crippen molar-refractivity contribution >= 4 is 11.8 Å². The average molecular weight is 410 g/mol. The molecule has 1 aromatic carbocycles. The van der Waals surface area contributed by atoms with Gasteiger partial charge in [0.2, 0.25) is 0 Å². The summed E-state index contributed by atoms with van der Waals surface area (Å²) in [6.45, 7) is 10.8. The molecular weight excluding hydrogens is 378 g/mol. The van der Waals surface area contributed by atoms with Crippen LogP contribution in [0.3, 0.4) is 0 Å². The molecule has 2 amide bonds. The highest BCUT2D eigenvalue weighted by Gasteiger charge is 2.24. The zero-order valence-electron chi connectivity index (χ0n) is 18.4. The average Bonchev–Trinajstić information content (AvgIpc) is 2.98. The fourth-order valence-electron chi connectivity index (χ4n) is 3.63. The fraction of sp³-hybridized carbons (Fsp3) is 0.458. The van der Waals surface area contributed by atoms with Crippen molar-refractivity contribution in [3.05, 3.63) is 59.4 Å². The van der Waals surface area contributed by atoms with Crippen LogP contribution in [0, 0.1) is 6.92 Å². The van der Waals surface area contributed by atoms with Crippen LogP contribution >= 0.6 is 0 Å². The molecular formula is C24H31N3O3. The predicted molar refractivity (Wildman–Crippen MR) is 117 cm³/mol. The molecule has 0 atom stereocenters. The largest absolute Gasteiger partial charge is 0.483 e. The van der Waals surface area contributed by atoms with E-state index < -0.39 is 0 Å². The molecule has 1 saturated heterocycles. The summed E-state index contributed by atoms with van der Waals surface area (Å²) in [7, 11) is 0. The van der Waals surface area contributed by atoms with Crippen molar-refractivity contribution in [1.82, 2.24) is 14.8 Å². The van der Waals surface area contributed by atoms with E-state index in [0.717, 1.165) is 17.7 Å². The number of amides is 2. The van der Waals surface area contributed by atoms with Gasteiger partial charge in [0.25, 0.3) is 11.8 Å². The summed E-state index contributed by atoms with van der Waals surface area (Å²) >= 11 is 0. The lowest BCUT2D eigenvalue weighted by Crippen LogP contribution is -2.39. The molecule has 2 heterocycles. The van der Waals surface area contributed by atoms with Crippen LogP contribution in [-0.2, 0) is 10.2 Å². The van der Waals surface area contributed by atoms with E-state index in [4.69, 9.17) is 4.74 Å². The number of hydrogen-bond acceptors (Lipinski definition) is 4. The highest BCUT2D eigenvalue weighted by molar-refractivity contribution is 5.94. The first-order chi connectivity index (χ1) is 14.3. The first-order valence-electron chi connectivity index (χ1n) is 10.5. The fourth-order valence-corrected chi connectivity index (χ4v) is 3.63. The molecule has 0 saturated carbocycles. The second-order valence-electron chi connectivity index (χ2n) is 8.80. The maximum Gasteiger partial charge on any atom is 0.260 e. The summed E-state index contributed by atoms with van der Waals surface area (Å²) in [5.74, 6) is 0.692. The lowest BCUT2D eigenvalue weighted by atomic mass is 9.85. The SMILES string of the molecule is Cc1ccc(OCC(=O)N2CCCN(C(=O)c3ccncc3)CC2)c(C(C)(C)C)c1. The maximum atomic E-state index is 12.8. The number of nitrogens with zero attached hydrogens (tertiary/aromatic N) is 3. The van der Waals surface area contributed by atoms with Gasteiger partial charge in [-0.15, -0.1) is 0 Å². The molecule has 1 aromatic heterocycles. The van der Waals surface area contributed by atoms with E-state index in [1.54, 1.807) is 34.3 Å². The Labute approximate surface area is 178 Å². The number of aromatic nitrogens is 1. The molecule has 0 aliphatic carbocycles. The Hall–Kier alpha value is -2.89. The van der Waals surface area contributed by atoms with Gasteiger partial charge < -0.3 is 14.5 Å². The molecule has 0 N–H and O–H groups in total. The monoisotopic (exact) mass is 409 g/mol. The zero-order chi connectivity index (χ0) is 21.7. The third-order valence-electron chi connectivity index (χ3n) is 5.36. The van der Waals surface area contributed by atoms with Crippen LogP contribution in [0.2, 0.25) is 0 Å². The number of hydrogen-bond donors (Lipinski definition) is 0. The van der Waals surface area contributed by atoms with Crippen LogP contribution in [0.4, 0.5) is 0 Å². The second-order valence-corrected chi connectivity index (χ2v) is 8.80. The van der Waals surface area contributed by atoms with E-state index in [1.165, 1.54) is 5.56 Å². The summed E-state index contributed by atoms with van der Waals surface area (Å²) in [6.07, 6.45) is 3.99. The number of rotatable bonds is 4. The topological polar surface area (TPSA) is 62.7 Å². The first kappa shape index (κ1) is 21.8. The maximum absolute atomic E-state index is 12.8. The van der Waals surface area contributed by atoms with Gasteiger partial charge in [0.05, 0.1) is 0 Å². The first-order valence-corrected chi connectivity index (χ1v) is 10.5. The Balaban J connectivity index is 1.59. The quantitative estimate of drug-likeness (QED) is 0.776. The molecule has 0 bridgehead atoms. The van der Waals surface area contributed by atoms with Crippen molar-refractivity contribution < 1.29 is 14.3 Å². The van der Waals surface area contributed by atoms with Gasteiger partial charge in [-0.1, -0.05) is 38.5 Å². The van der Waals surface area contributed by atoms with Crippen molar-refractivity contribution in [1.29, 1.82) is 0 Å². The third-order valence-corrected chi connectivity index (χ3v) is 5.36. The number of ether oxygens (including phenoxy) is 1. The number of carbonyl (C=O) groups is 2. The summed E-state index contributed by atoms with van der Waals surface area (Å²) in [5, 5.41) is 0. The van der Waals surface area contributed by atoms with Crippen LogP contribution in [0.25, 0.3) is 0 Å². The van der Waals surface area contributed by atoms with Crippen LogP contribution in [-0.4, -0.2) is 59.4 Å². The van der Waals surface area contributed by atoms with Crippen LogP contribution in [0.1, 0.15) is 48.7 Å². The molecule has 30 heavy (non-hydrogen) atoms. The van der Waals surface area contributed by atoms with Crippen molar-refractivity contribution in [3.8, 4) is 5.75 Å². The predicted octanol–water partition coefficient (Wildman–Crippen LogP) is 3.44. The summed E-state index contributed by atoms with van der Waals surface area (Å²) in [4.78, 5) is 33.0. The van der Waals surface area contributed by atoms with E-state index in [0.29, 0.717) is 31.7 Å².